The van der Waals surface area contributed by atoms with Gasteiger partial charge in [0.2, 0.25) is 5.91 Å². The van der Waals surface area contributed by atoms with Gasteiger partial charge in [0.15, 0.2) is 0 Å². The zero-order valence-electron chi connectivity index (χ0n) is 10.9. The monoisotopic (exact) mass is 255 g/mol. The first-order valence-electron chi connectivity index (χ1n) is 6.24. The smallest absolute Gasteiger partial charge is 0.248 e. The van der Waals surface area contributed by atoms with E-state index in [0.717, 1.165) is 12.2 Å². The largest absolute Gasteiger partial charge is 0.493 e. The van der Waals surface area contributed by atoms with Gasteiger partial charge in [0.1, 0.15) is 5.75 Å². The van der Waals surface area contributed by atoms with Crippen LogP contribution in [-0.4, -0.2) is 12.5 Å². The first-order valence-corrected chi connectivity index (χ1v) is 6.24. The van der Waals surface area contributed by atoms with E-state index in [1.54, 1.807) is 24.3 Å². The lowest BCUT2D eigenvalue weighted by molar-refractivity contribution is 0.100. The minimum atomic E-state index is -0.425. The highest BCUT2D eigenvalue weighted by Crippen LogP contribution is 2.13. The lowest BCUT2D eigenvalue weighted by Gasteiger charge is -2.08. The van der Waals surface area contributed by atoms with Gasteiger partial charge in [-0.2, -0.15) is 0 Å². The molecule has 0 saturated heterocycles. The molecule has 2 N–H and O–H groups in total. The van der Waals surface area contributed by atoms with Crippen molar-refractivity contribution in [1.82, 2.24) is 0 Å². The summed E-state index contributed by atoms with van der Waals surface area (Å²) in [6.45, 7) is 2.71. The van der Waals surface area contributed by atoms with E-state index >= 15 is 0 Å². The number of hydrogen-bond acceptors (Lipinski definition) is 2. The lowest BCUT2D eigenvalue weighted by Crippen LogP contribution is -2.10. The highest BCUT2D eigenvalue weighted by Gasteiger charge is 2.01. The van der Waals surface area contributed by atoms with E-state index in [1.165, 1.54) is 11.1 Å². The Balaban J connectivity index is 1.89. The highest BCUT2D eigenvalue weighted by atomic mass is 16.5. The number of hydrogen-bond donors (Lipinski definition) is 1. The van der Waals surface area contributed by atoms with Crippen LogP contribution in [0.1, 0.15) is 21.5 Å². The second-order valence-corrected chi connectivity index (χ2v) is 4.41. The van der Waals surface area contributed by atoms with E-state index in [9.17, 15) is 4.79 Å². The van der Waals surface area contributed by atoms with Crippen molar-refractivity contribution in [2.45, 2.75) is 13.3 Å². The van der Waals surface area contributed by atoms with Crippen LogP contribution < -0.4 is 10.5 Å². The molecule has 0 aliphatic rings. The van der Waals surface area contributed by atoms with Crippen molar-refractivity contribution < 1.29 is 9.53 Å². The summed E-state index contributed by atoms with van der Waals surface area (Å²) >= 11 is 0. The number of nitrogens with two attached hydrogens (primary N) is 1. The molecule has 0 unspecified atom stereocenters. The summed E-state index contributed by atoms with van der Waals surface area (Å²) in [7, 11) is 0. The summed E-state index contributed by atoms with van der Waals surface area (Å²) in [6, 6.07) is 15.1. The van der Waals surface area contributed by atoms with Gasteiger partial charge in [0, 0.05) is 12.0 Å². The maximum atomic E-state index is 10.9. The van der Waals surface area contributed by atoms with Crippen molar-refractivity contribution in [2.24, 2.45) is 5.73 Å². The molecule has 0 spiro atoms. The molecule has 19 heavy (non-hydrogen) atoms. The maximum Gasteiger partial charge on any atom is 0.248 e. The molecule has 0 aliphatic heterocycles. The molecular weight excluding hydrogens is 238 g/mol. The molecule has 0 bridgehead atoms. The molecule has 2 aromatic rings. The Morgan fingerprint density at radius 1 is 1.11 bits per heavy atom. The number of primary amides is 1. The number of benzene rings is 2. The van der Waals surface area contributed by atoms with E-state index in [4.69, 9.17) is 10.5 Å². The topological polar surface area (TPSA) is 52.3 Å². The van der Waals surface area contributed by atoms with Crippen LogP contribution >= 0.6 is 0 Å². The van der Waals surface area contributed by atoms with Crippen molar-refractivity contribution >= 4 is 5.91 Å². The normalized spacial score (nSPS) is 10.2. The van der Waals surface area contributed by atoms with E-state index < -0.39 is 5.91 Å². The molecule has 0 radical (unpaired) electrons. The van der Waals surface area contributed by atoms with Crippen LogP contribution in [0.4, 0.5) is 0 Å². The van der Waals surface area contributed by atoms with Gasteiger partial charge >= 0.3 is 0 Å². The Morgan fingerprint density at radius 3 is 2.42 bits per heavy atom. The van der Waals surface area contributed by atoms with Gasteiger partial charge in [0.05, 0.1) is 6.61 Å². The average Bonchev–Trinajstić information content (AvgIpc) is 2.41. The van der Waals surface area contributed by atoms with Crippen LogP contribution in [0.3, 0.4) is 0 Å². The molecule has 3 heteroatoms. The van der Waals surface area contributed by atoms with Crippen LogP contribution in [0.25, 0.3) is 0 Å². The van der Waals surface area contributed by atoms with Crippen molar-refractivity contribution in [3.05, 3.63) is 65.2 Å². The second-order valence-electron chi connectivity index (χ2n) is 4.41. The molecule has 0 saturated carbocycles. The van der Waals surface area contributed by atoms with Gasteiger partial charge in [-0.1, -0.05) is 24.3 Å². The zero-order chi connectivity index (χ0) is 13.7. The molecule has 0 aliphatic carbocycles. The molecule has 98 valence electrons. The van der Waals surface area contributed by atoms with Gasteiger partial charge < -0.3 is 10.5 Å². The summed E-state index contributed by atoms with van der Waals surface area (Å²) < 4.78 is 5.65. The van der Waals surface area contributed by atoms with Crippen molar-refractivity contribution in [2.75, 3.05) is 6.61 Å². The SMILES string of the molecule is Cc1ccccc1CCOc1ccc(C(N)=O)cc1. The van der Waals surface area contributed by atoms with Crippen LogP contribution in [0, 0.1) is 6.92 Å². The minimum absolute atomic E-state index is 0.425. The number of carbonyl (C=O) groups excluding carboxylic acids is 1. The molecule has 0 atom stereocenters. The van der Waals surface area contributed by atoms with Gasteiger partial charge in [-0.25, -0.2) is 0 Å². The molecule has 2 rings (SSSR count). The number of ether oxygens (including phenoxy) is 1. The zero-order valence-corrected chi connectivity index (χ0v) is 10.9. The molecular formula is C16H17NO2. The fourth-order valence-electron chi connectivity index (χ4n) is 1.88. The highest BCUT2D eigenvalue weighted by molar-refractivity contribution is 5.92. The number of rotatable bonds is 5. The summed E-state index contributed by atoms with van der Waals surface area (Å²) in [5.41, 5.74) is 8.23. The predicted octanol–water partition coefficient (Wildman–Crippen LogP) is 2.72. The molecule has 0 fully saturated rings. The van der Waals surface area contributed by atoms with Crippen LogP contribution in [0.5, 0.6) is 5.75 Å². The fourth-order valence-corrected chi connectivity index (χ4v) is 1.88. The first kappa shape index (κ1) is 13.1. The molecule has 3 nitrogen and oxygen atoms in total. The third kappa shape index (κ3) is 3.58. The van der Waals surface area contributed by atoms with Gasteiger partial charge in [0.25, 0.3) is 0 Å². The molecule has 0 aromatic heterocycles. The maximum absolute atomic E-state index is 10.9. The molecule has 2 aromatic carbocycles. The quantitative estimate of drug-likeness (QED) is 0.893. The summed E-state index contributed by atoms with van der Waals surface area (Å²) in [5.74, 6) is 0.324. The number of carbonyl (C=O) groups is 1. The van der Waals surface area contributed by atoms with Crippen LogP contribution in [0.15, 0.2) is 48.5 Å². The Labute approximate surface area is 113 Å². The van der Waals surface area contributed by atoms with E-state index in [1.807, 2.05) is 12.1 Å². The van der Waals surface area contributed by atoms with E-state index in [2.05, 4.69) is 19.1 Å². The summed E-state index contributed by atoms with van der Waals surface area (Å²) in [6.07, 6.45) is 0.865. The van der Waals surface area contributed by atoms with Crippen LogP contribution in [0.2, 0.25) is 0 Å². The van der Waals surface area contributed by atoms with Crippen molar-refractivity contribution in [3.8, 4) is 5.75 Å². The van der Waals surface area contributed by atoms with Crippen molar-refractivity contribution in [1.29, 1.82) is 0 Å². The molecule has 0 heterocycles. The summed E-state index contributed by atoms with van der Waals surface area (Å²) in [4.78, 5) is 10.9. The standard InChI is InChI=1S/C16H17NO2/c1-12-4-2-3-5-13(12)10-11-19-15-8-6-14(7-9-15)16(17)18/h2-9H,10-11H2,1H3,(H2,17,18). The Morgan fingerprint density at radius 2 is 1.79 bits per heavy atom. The third-order valence-electron chi connectivity index (χ3n) is 3.04. The lowest BCUT2D eigenvalue weighted by atomic mass is 10.1. The van der Waals surface area contributed by atoms with Gasteiger partial charge in [-0.05, 0) is 42.3 Å². The van der Waals surface area contributed by atoms with E-state index in [0.29, 0.717) is 12.2 Å². The van der Waals surface area contributed by atoms with E-state index in [-0.39, 0.29) is 0 Å². The Bertz CT molecular complexity index is 561. The Hall–Kier alpha value is -2.29. The van der Waals surface area contributed by atoms with Gasteiger partial charge in [-0.15, -0.1) is 0 Å². The molecule has 1 amide bonds. The fraction of sp³-hybridized carbons (Fsp3) is 0.188. The van der Waals surface area contributed by atoms with Gasteiger partial charge in [-0.3, -0.25) is 4.79 Å². The third-order valence-corrected chi connectivity index (χ3v) is 3.04. The minimum Gasteiger partial charge on any atom is -0.493 e. The van der Waals surface area contributed by atoms with Crippen LogP contribution in [-0.2, 0) is 6.42 Å². The number of amides is 1. The van der Waals surface area contributed by atoms with Crippen molar-refractivity contribution in [3.63, 3.8) is 0 Å². The average molecular weight is 255 g/mol. The first-order chi connectivity index (χ1) is 9.16. The number of aryl methyl sites for hydroxylation is 1. The second kappa shape index (κ2) is 6.05. The Kier molecular flexibility index (Phi) is 4.18. The summed E-state index contributed by atoms with van der Waals surface area (Å²) in [5, 5.41) is 0. The predicted molar refractivity (Wildman–Crippen MR) is 75.3 cm³/mol.